The average molecular weight is 327 g/mol. The number of nitrogens with zero attached hydrogens (tertiary/aromatic N) is 1. The molecule has 2 rings (SSSR count). The molecular weight excluding hydrogens is 318 g/mol. The van der Waals surface area contributed by atoms with Crippen LogP contribution in [-0.2, 0) is 14.8 Å². The minimum Gasteiger partial charge on any atom is -0.480 e. The molecule has 1 aliphatic rings. The number of carboxylic acids is 1. The number of hydrogen-bond donors (Lipinski definition) is 1. The van der Waals surface area contributed by atoms with Gasteiger partial charge in [-0.05, 0) is 12.8 Å². The van der Waals surface area contributed by atoms with E-state index in [4.69, 9.17) is 5.11 Å². The van der Waals surface area contributed by atoms with Crippen molar-refractivity contribution >= 4 is 16.0 Å². The van der Waals surface area contributed by atoms with Gasteiger partial charge in [0.2, 0.25) is 10.0 Å². The van der Waals surface area contributed by atoms with Crippen LogP contribution >= 0.6 is 0 Å². The first kappa shape index (κ1) is 15.7. The number of carboxylic acid groups (broad SMARTS) is 1. The van der Waals surface area contributed by atoms with E-state index in [0.717, 1.165) is 0 Å². The summed E-state index contributed by atoms with van der Waals surface area (Å²) in [7, 11) is -5.02. The summed E-state index contributed by atoms with van der Waals surface area (Å²) in [5, 5.41) is 8.90. The van der Waals surface area contributed by atoms with E-state index in [1.165, 1.54) is 0 Å². The van der Waals surface area contributed by atoms with Crippen LogP contribution in [0.4, 0.5) is 17.6 Å². The molecule has 1 aromatic rings. The SMILES string of the molecule is O=C(O)[C@H]1CCCN1S(=O)(=O)c1c(F)c(F)cc(F)c1F. The van der Waals surface area contributed by atoms with Crippen LogP contribution in [-0.4, -0.2) is 36.4 Å². The Bertz CT molecular complexity index is 680. The van der Waals surface area contributed by atoms with E-state index >= 15 is 0 Å². The topological polar surface area (TPSA) is 74.7 Å². The molecule has 1 saturated heterocycles. The summed E-state index contributed by atoms with van der Waals surface area (Å²) in [6, 6.07) is -1.65. The number of hydrogen-bond acceptors (Lipinski definition) is 3. The smallest absolute Gasteiger partial charge is 0.322 e. The van der Waals surface area contributed by atoms with E-state index < -0.39 is 50.2 Å². The lowest BCUT2D eigenvalue weighted by Gasteiger charge is -2.21. The molecule has 0 amide bonds. The molecule has 0 spiro atoms. The third-order valence-electron chi connectivity index (χ3n) is 3.13. The molecule has 0 aliphatic carbocycles. The third-order valence-corrected chi connectivity index (χ3v) is 5.06. The molecule has 5 nitrogen and oxygen atoms in total. The summed E-state index contributed by atoms with van der Waals surface area (Å²) in [4.78, 5) is 9.14. The van der Waals surface area contributed by atoms with Crippen molar-refractivity contribution in [1.82, 2.24) is 4.31 Å². The van der Waals surface area contributed by atoms with Crippen molar-refractivity contribution in [3.63, 3.8) is 0 Å². The highest BCUT2D eigenvalue weighted by molar-refractivity contribution is 7.89. The second-order valence-corrected chi connectivity index (χ2v) is 6.24. The largest absolute Gasteiger partial charge is 0.480 e. The number of halogens is 4. The summed E-state index contributed by atoms with van der Waals surface area (Å²) in [5.41, 5.74) is 0. The van der Waals surface area contributed by atoms with E-state index in [1.807, 2.05) is 0 Å². The van der Waals surface area contributed by atoms with Crippen LogP contribution in [0.15, 0.2) is 11.0 Å². The molecule has 0 bridgehead atoms. The van der Waals surface area contributed by atoms with Gasteiger partial charge in [-0.25, -0.2) is 26.0 Å². The van der Waals surface area contributed by atoms with Crippen molar-refractivity contribution < 1.29 is 35.9 Å². The van der Waals surface area contributed by atoms with Crippen LogP contribution < -0.4 is 0 Å². The number of rotatable bonds is 3. The van der Waals surface area contributed by atoms with Gasteiger partial charge in [-0.3, -0.25) is 4.79 Å². The Balaban J connectivity index is 2.63. The minimum atomic E-state index is -5.02. The predicted molar refractivity (Wildman–Crippen MR) is 60.8 cm³/mol. The fourth-order valence-electron chi connectivity index (χ4n) is 2.17. The second-order valence-electron chi connectivity index (χ2n) is 4.41. The van der Waals surface area contributed by atoms with Crippen molar-refractivity contribution in [2.24, 2.45) is 0 Å². The normalized spacial score (nSPS) is 19.9. The Hall–Kier alpha value is -1.68. The minimum absolute atomic E-state index is 0.0599. The molecule has 1 aromatic carbocycles. The Labute approximate surface area is 116 Å². The van der Waals surface area contributed by atoms with E-state index in [2.05, 4.69) is 0 Å². The fourth-order valence-corrected chi connectivity index (χ4v) is 3.95. The Kier molecular flexibility index (Phi) is 3.93. The lowest BCUT2D eigenvalue weighted by molar-refractivity contribution is -0.140. The van der Waals surface area contributed by atoms with Crippen LogP contribution in [0.1, 0.15) is 12.8 Å². The maximum Gasteiger partial charge on any atom is 0.322 e. The standard InChI is InChI=1S/C11H9F4NO4S/c12-5-4-6(13)9(15)10(8(5)14)21(19,20)16-3-1-2-7(16)11(17)18/h4,7H,1-3H2,(H,17,18)/t7-/m1/s1. The molecule has 21 heavy (non-hydrogen) atoms. The Morgan fingerprint density at radius 2 is 1.71 bits per heavy atom. The van der Waals surface area contributed by atoms with Gasteiger partial charge >= 0.3 is 5.97 Å². The van der Waals surface area contributed by atoms with Crippen molar-refractivity contribution in [1.29, 1.82) is 0 Å². The maximum absolute atomic E-state index is 13.6. The quantitative estimate of drug-likeness (QED) is 0.674. The molecule has 0 unspecified atom stereocenters. The molecule has 116 valence electrons. The first-order chi connectivity index (χ1) is 9.67. The lowest BCUT2D eigenvalue weighted by Crippen LogP contribution is -2.41. The predicted octanol–water partition coefficient (Wildman–Crippen LogP) is 1.48. The summed E-state index contributed by atoms with van der Waals surface area (Å²) < 4.78 is 78.0. The Morgan fingerprint density at radius 1 is 1.19 bits per heavy atom. The molecule has 1 N–H and O–H groups in total. The van der Waals surface area contributed by atoms with Crippen molar-refractivity contribution in [3.05, 3.63) is 29.3 Å². The highest BCUT2D eigenvalue weighted by atomic mass is 32.2. The van der Waals surface area contributed by atoms with E-state index in [9.17, 15) is 30.8 Å². The monoisotopic (exact) mass is 327 g/mol. The molecule has 0 radical (unpaired) electrons. The van der Waals surface area contributed by atoms with Gasteiger partial charge in [0.05, 0.1) is 0 Å². The van der Waals surface area contributed by atoms with Gasteiger partial charge in [-0.15, -0.1) is 0 Å². The van der Waals surface area contributed by atoms with Gasteiger partial charge < -0.3 is 5.11 Å². The summed E-state index contributed by atoms with van der Waals surface area (Å²) >= 11 is 0. The van der Waals surface area contributed by atoms with Gasteiger partial charge in [0, 0.05) is 12.6 Å². The number of sulfonamides is 1. The Morgan fingerprint density at radius 3 is 2.19 bits per heavy atom. The number of benzene rings is 1. The maximum atomic E-state index is 13.6. The van der Waals surface area contributed by atoms with Crippen molar-refractivity contribution in [3.8, 4) is 0 Å². The average Bonchev–Trinajstić information content (AvgIpc) is 2.86. The zero-order valence-corrected chi connectivity index (χ0v) is 11.1. The van der Waals surface area contributed by atoms with Crippen LogP contribution in [0.5, 0.6) is 0 Å². The van der Waals surface area contributed by atoms with E-state index in [0.29, 0.717) is 4.31 Å². The van der Waals surface area contributed by atoms with Gasteiger partial charge in [0.25, 0.3) is 0 Å². The van der Waals surface area contributed by atoms with Crippen molar-refractivity contribution in [2.75, 3.05) is 6.54 Å². The lowest BCUT2D eigenvalue weighted by atomic mass is 10.2. The van der Waals surface area contributed by atoms with Crippen LogP contribution in [0, 0.1) is 23.3 Å². The van der Waals surface area contributed by atoms with Gasteiger partial charge in [-0.2, -0.15) is 4.31 Å². The highest BCUT2D eigenvalue weighted by Gasteiger charge is 2.43. The van der Waals surface area contributed by atoms with E-state index in [-0.39, 0.29) is 25.5 Å². The number of aliphatic carboxylic acids is 1. The molecule has 1 heterocycles. The third kappa shape index (κ3) is 2.48. The molecule has 1 aliphatic heterocycles. The first-order valence-corrected chi connectivity index (χ1v) is 7.19. The van der Waals surface area contributed by atoms with Crippen LogP contribution in [0.2, 0.25) is 0 Å². The molecule has 0 aromatic heterocycles. The molecule has 10 heteroatoms. The molecular formula is C11H9F4NO4S. The zero-order valence-electron chi connectivity index (χ0n) is 10.3. The summed E-state index contributed by atoms with van der Waals surface area (Å²) in [5.74, 6) is -9.42. The van der Waals surface area contributed by atoms with Crippen LogP contribution in [0.3, 0.4) is 0 Å². The summed E-state index contributed by atoms with van der Waals surface area (Å²) in [6.45, 7) is -0.309. The van der Waals surface area contributed by atoms with Gasteiger partial charge in [-0.1, -0.05) is 0 Å². The zero-order chi connectivity index (χ0) is 15.9. The molecule has 1 fully saturated rings. The summed E-state index contributed by atoms with van der Waals surface area (Å²) in [6.07, 6.45) is 0.0901. The fraction of sp³-hybridized carbons (Fsp3) is 0.364. The van der Waals surface area contributed by atoms with Gasteiger partial charge in [0.1, 0.15) is 6.04 Å². The van der Waals surface area contributed by atoms with Crippen molar-refractivity contribution in [2.45, 2.75) is 23.8 Å². The molecule has 0 saturated carbocycles. The van der Waals surface area contributed by atoms with Gasteiger partial charge in [0.15, 0.2) is 28.2 Å². The van der Waals surface area contributed by atoms with Crippen LogP contribution in [0.25, 0.3) is 0 Å². The second kappa shape index (κ2) is 5.26. The van der Waals surface area contributed by atoms with E-state index in [1.54, 1.807) is 0 Å². The molecule has 1 atom stereocenters. The first-order valence-electron chi connectivity index (χ1n) is 5.75. The number of carbonyl (C=O) groups is 1. The highest BCUT2D eigenvalue weighted by Crippen LogP contribution is 2.31.